The topological polar surface area (TPSA) is 136 Å². The van der Waals surface area contributed by atoms with Crippen molar-refractivity contribution in [3.8, 4) is 0 Å². The highest BCUT2D eigenvalue weighted by Crippen LogP contribution is 2.69. The van der Waals surface area contributed by atoms with Gasteiger partial charge in [-0.05, 0) is 62.7 Å². The molecule has 9 nitrogen and oxygen atoms in total. The Hall–Kier alpha value is -2.00. The Labute approximate surface area is 205 Å². The Morgan fingerprint density at radius 1 is 0.943 bits per heavy atom. The third-order valence-corrected chi connectivity index (χ3v) is 10.4. The Bertz CT molecular complexity index is 903. The summed E-state index contributed by atoms with van der Waals surface area (Å²) in [5, 5.41) is 23.7. The zero-order valence-electron chi connectivity index (χ0n) is 21.1. The number of aliphatic hydroxyl groups is 2. The second-order valence-corrected chi connectivity index (χ2v) is 11.7. The highest BCUT2D eigenvalue weighted by molar-refractivity contribution is 5.90. The molecule has 35 heavy (non-hydrogen) atoms. The van der Waals surface area contributed by atoms with E-state index >= 15 is 0 Å². The van der Waals surface area contributed by atoms with Crippen LogP contribution >= 0.6 is 0 Å². The van der Waals surface area contributed by atoms with E-state index in [0.717, 1.165) is 0 Å². The van der Waals surface area contributed by atoms with Crippen LogP contribution < -0.4 is 0 Å². The number of Topliss-reactive ketones (excluding diaryl/α,β-unsaturated/α-hetero) is 1. The standard InChI is InChI=1S/C26H38O9/c1-15(28)33-13-21(30)25(31)10-7-20-18-11-22(34-14-27)26(32)12-17(35-16(2)29)5-8-24(26,4)19(18)6-9-23(20,25)3/h14,17-20,22,31-32H,5-13H2,1-4H3/t17-,18+,19+,20+,22-,23-,24+,25-,26-/m0/s1. The minimum absolute atomic E-state index is 0.0159. The summed E-state index contributed by atoms with van der Waals surface area (Å²) in [4.78, 5) is 47.4. The fraction of sp³-hybridized carbons (Fsp3) is 0.846. The summed E-state index contributed by atoms with van der Waals surface area (Å²) in [5.41, 5.74) is -4.23. The van der Waals surface area contributed by atoms with Crippen LogP contribution in [0.4, 0.5) is 0 Å². The van der Waals surface area contributed by atoms with Gasteiger partial charge in [0.25, 0.3) is 6.47 Å². The summed E-state index contributed by atoms with van der Waals surface area (Å²) in [7, 11) is 0. The Morgan fingerprint density at radius 2 is 1.57 bits per heavy atom. The number of fused-ring (bicyclic) bond motifs is 5. The summed E-state index contributed by atoms with van der Waals surface area (Å²) in [5.74, 6) is -1.33. The zero-order valence-corrected chi connectivity index (χ0v) is 21.1. The molecule has 0 radical (unpaired) electrons. The average molecular weight is 495 g/mol. The molecule has 4 saturated carbocycles. The van der Waals surface area contributed by atoms with E-state index < -0.39 is 58.6 Å². The van der Waals surface area contributed by atoms with E-state index in [0.29, 0.717) is 45.0 Å². The largest absolute Gasteiger partial charge is 0.462 e. The van der Waals surface area contributed by atoms with Crippen LogP contribution in [0.5, 0.6) is 0 Å². The van der Waals surface area contributed by atoms with Crippen molar-refractivity contribution < 1.29 is 43.6 Å². The SMILES string of the molecule is CC(=O)OCC(=O)[C@@]1(O)CC[C@@H]2[C@@H]3C[C@H](OC=O)[C@@]4(O)C[C@@H](OC(C)=O)CC[C@]4(C)[C@@H]3CC[C@@]21C. The van der Waals surface area contributed by atoms with E-state index in [1.165, 1.54) is 13.8 Å². The van der Waals surface area contributed by atoms with Crippen LogP contribution in [0.15, 0.2) is 0 Å². The van der Waals surface area contributed by atoms with Gasteiger partial charge in [0.15, 0.2) is 6.61 Å². The Morgan fingerprint density at radius 3 is 2.20 bits per heavy atom. The lowest BCUT2D eigenvalue weighted by molar-refractivity contribution is -0.271. The van der Waals surface area contributed by atoms with Crippen molar-refractivity contribution in [3.63, 3.8) is 0 Å². The van der Waals surface area contributed by atoms with Gasteiger partial charge in [0.05, 0.1) is 0 Å². The van der Waals surface area contributed by atoms with Gasteiger partial charge >= 0.3 is 11.9 Å². The molecule has 2 N–H and O–H groups in total. The van der Waals surface area contributed by atoms with E-state index in [2.05, 4.69) is 0 Å². The van der Waals surface area contributed by atoms with Crippen molar-refractivity contribution in [2.75, 3.05) is 6.61 Å². The van der Waals surface area contributed by atoms with Crippen LogP contribution in [0.25, 0.3) is 0 Å². The fourth-order valence-corrected chi connectivity index (χ4v) is 8.55. The van der Waals surface area contributed by atoms with Crippen molar-refractivity contribution in [3.05, 3.63) is 0 Å². The molecular formula is C26H38O9. The summed E-state index contributed by atoms with van der Waals surface area (Å²) in [6, 6.07) is 0. The fourth-order valence-electron chi connectivity index (χ4n) is 8.55. The molecule has 0 amide bonds. The maximum absolute atomic E-state index is 13.0. The number of hydrogen-bond acceptors (Lipinski definition) is 9. The van der Waals surface area contributed by atoms with Gasteiger partial charge in [-0.15, -0.1) is 0 Å². The van der Waals surface area contributed by atoms with Crippen LogP contribution in [0.1, 0.15) is 79.1 Å². The minimum Gasteiger partial charge on any atom is -0.462 e. The van der Waals surface area contributed by atoms with Crippen molar-refractivity contribution in [1.29, 1.82) is 0 Å². The lowest BCUT2D eigenvalue weighted by Crippen LogP contribution is -2.70. The summed E-state index contributed by atoms with van der Waals surface area (Å²) < 4.78 is 15.9. The molecule has 196 valence electrons. The second-order valence-electron chi connectivity index (χ2n) is 11.7. The van der Waals surface area contributed by atoms with Gasteiger partial charge in [0, 0.05) is 31.1 Å². The van der Waals surface area contributed by atoms with Crippen LogP contribution in [0, 0.1) is 28.6 Å². The number of ether oxygens (including phenoxy) is 3. The maximum atomic E-state index is 13.0. The van der Waals surface area contributed by atoms with Gasteiger partial charge in [0.2, 0.25) is 5.78 Å². The molecular weight excluding hydrogens is 456 g/mol. The monoisotopic (exact) mass is 494 g/mol. The maximum Gasteiger partial charge on any atom is 0.303 e. The summed E-state index contributed by atoms with van der Waals surface area (Å²) in [6.45, 7) is 6.49. The predicted molar refractivity (Wildman–Crippen MR) is 122 cm³/mol. The molecule has 9 atom stereocenters. The highest BCUT2D eigenvalue weighted by atomic mass is 16.6. The van der Waals surface area contributed by atoms with Gasteiger partial charge in [-0.2, -0.15) is 0 Å². The average Bonchev–Trinajstić information content (AvgIpc) is 3.05. The quantitative estimate of drug-likeness (QED) is 0.323. The molecule has 0 aromatic carbocycles. The number of hydrogen-bond donors (Lipinski definition) is 2. The molecule has 4 aliphatic carbocycles. The van der Waals surface area contributed by atoms with Crippen molar-refractivity contribution in [1.82, 2.24) is 0 Å². The predicted octanol–water partition coefficient (Wildman–Crippen LogP) is 2.09. The Kier molecular flexibility index (Phi) is 6.58. The van der Waals surface area contributed by atoms with Crippen molar-refractivity contribution >= 4 is 24.2 Å². The number of rotatable bonds is 6. The molecule has 4 fully saturated rings. The highest BCUT2D eigenvalue weighted by Gasteiger charge is 2.71. The molecule has 0 heterocycles. The smallest absolute Gasteiger partial charge is 0.303 e. The van der Waals surface area contributed by atoms with Gasteiger partial charge in [-0.25, -0.2) is 0 Å². The van der Waals surface area contributed by atoms with Gasteiger partial charge in [0.1, 0.15) is 23.4 Å². The molecule has 0 bridgehead atoms. The molecule has 9 heteroatoms. The van der Waals surface area contributed by atoms with Crippen LogP contribution in [-0.4, -0.2) is 64.4 Å². The third-order valence-electron chi connectivity index (χ3n) is 10.4. The van der Waals surface area contributed by atoms with Crippen molar-refractivity contribution in [2.24, 2.45) is 28.6 Å². The third kappa shape index (κ3) is 3.80. The molecule has 0 spiro atoms. The lowest BCUT2D eigenvalue weighted by atomic mass is 9.42. The first-order valence-electron chi connectivity index (χ1n) is 12.7. The van der Waals surface area contributed by atoms with Crippen LogP contribution in [0.2, 0.25) is 0 Å². The van der Waals surface area contributed by atoms with E-state index in [4.69, 9.17) is 14.2 Å². The van der Waals surface area contributed by atoms with Gasteiger partial charge < -0.3 is 24.4 Å². The van der Waals surface area contributed by atoms with Crippen molar-refractivity contribution in [2.45, 2.75) is 102 Å². The summed E-state index contributed by atoms with van der Waals surface area (Å²) in [6.07, 6.45) is 2.83. The second kappa shape index (κ2) is 8.83. The minimum atomic E-state index is -1.60. The molecule has 0 saturated heterocycles. The first-order valence-corrected chi connectivity index (χ1v) is 12.7. The van der Waals surface area contributed by atoms with E-state index in [1.54, 1.807) is 0 Å². The number of esters is 2. The van der Waals surface area contributed by atoms with Gasteiger partial charge in [-0.1, -0.05) is 13.8 Å². The van der Waals surface area contributed by atoms with E-state index in [9.17, 15) is 29.4 Å². The van der Waals surface area contributed by atoms with Crippen LogP contribution in [-0.2, 0) is 33.4 Å². The van der Waals surface area contributed by atoms with E-state index in [1.807, 2.05) is 13.8 Å². The molecule has 0 aromatic rings. The molecule has 0 aliphatic heterocycles. The normalized spacial score (nSPS) is 46.4. The molecule has 0 aromatic heterocycles. The van der Waals surface area contributed by atoms with Crippen LogP contribution in [0.3, 0.4) is 0 Å². The first-order chi connectivity index (χ1) is 16.3. The molecule has 4 rings (SSSR count). The molecule has 4 aliphatic rings. The van der Waals surface area contributed by atoms with Gasteiger partial charge in [-0.3, -0.25) is 19.2 Å². The van der Waals surface area contributed by atoms with E-state index in [-0.39, 0.29) is 30.6 Å². The lowest BCUT2D eigenvalue weighted by Gasteiger charge is -2.65. The number of carbonyl (C=O) groups is 4. The number of ketones is 1. The zero-order chi connectivity index (χ0) is 25.8. The molecule has 0 unspecified atom stereocenters. The Balaban J connectivity index is 1.65. The first kappa shape index (κ1) is 26.1. The summed E-state index contributed by atoms with van der Waals surface area (Å²) >= 11 is 0. The number of carbonyl (C=O) groups excluding carboxylic acids is 4.